The van der Waals surface area contributed by atoms with E-state index in [1.165, 1.54) is 6.92 Å². The minimum atomic E-state index is -1.14. The summed E-state index contributed by atoms with van der Waals surface area (Å²) in [6, 6.07) is -3.19. The molecule has 10 nitrogen and oxygen atoms in total. The van der Waals surface area contributed by atoms with Gasteiger partial charge in [0.2, 0.25) is 12.7 Å². The molecule has 2 fully saturated rings. The average Bonchev–Trinajstić information content (AvgIpc) is 3.29. The molecule has 31 heavy (non-hydrogen) atoms. The number of esters is 2. The van der Waals surface area contributed by atoms with E-state index in [4.69, 9.17) is 14.2 Å². The lowest BCUT2D eigenvalue weighted by Crippen LogP contribution is -2.72. The molecule has 2 heterocycles. The lowest BCUT2D eigenvalue weighted by molar-refractivity contribution is -0.180. The summed E-state index contributed by atoms with van der Waals surface area (Å²) in [6.07, 6.45) is 6.58. The zero-order chi connectivity index (χ0) is 22.9. The number of carbonyl (C=O) groups is 5. The number of Topliss-reactive ketones (excluding diaryl/α,β-unsaturated/α-hetero) is 1. The predicted molar refractivity (Wildman–Crippen MR) is 105 cm³/mol. The van der Waals surface area contributed by atoms with Crippen molar-refractivity contribution in [1.29, 1.82) is 0 Å². The molecule has 3 rings (SSSR count). The van der Waals surface area contributed by atoms with Crippen molar-refractivity contribution in [2.75, 3.05) is 13.4 Å². The van der Waals surface area contributed by atoms with Gasteiger partial charge in [-0.2, -0.15) is 0 Å². The summed E-state index contributed by atoms with van der Waals surface area (Å²) in [5, 5.41) is 2.40. The largest absolute Gasteiger partial charge is 0.449 e. The first-order valence-electron chi connectivity index (χ1n) is 10.0. The number of allylic oxidation sites excluding steroid dienone is 2. The summed E-state index contributed by atoms with van der Waals surface area (Å²) in [7, 11) is 0. The van der Waals surface area contributed by atoms with Gasteiger partial charge in [0.25, 0.3) is 0 Å². The van der Waals surface area contributed by atoms with Crippen LogP contribution in [0.1, 0.15) is 27.7 Å². The topological polar surface area (TPSA) is 128 Å². The Labute approximate surface area is 179 Å². The lowest BCUT2D eigenvalue weighted by atomic mass is 9.93. The molecule has 0 spiro atoms. The fourth-order valence-electron chi connectivity index (χ4n) is 3.62. The van der Waals surface area contributed by atoms with E-state index >= 15 is 0 Å². The maximum absolute atomic E-state index is 12.6. The number of fused-ring (bicyclic) bond motifs is 1. The molecule has 0 aromatic rings. The van der Waals surface area contributed by atoms with Crippen molar-refractivity contribution in [2.45, 2.75) is 45.8 Å². The number of carbonyl (C=O) groups excluding carboxylic acids is 5. The first-order valence-corrected chi connectivity index (χ1v) is 10.0. The van der Waals surface area contributed by atoms with Gasteiger partial charge in [-0.3, -0.25) is 14.4 Å². The van der Waals surface area contributed by atoms with E-state index in [2.05, 4.69) is 5.32 Å². The van der Waals surface area contributed by atoms with Crippen molar-refractivity contribution in [1.82, 2.24) is 10.2 Å². The maximum atomic E-state index is 12.6. The number of nitrogens with one attached hydrogen (secondary N) is 1. The van der Waals surface area contributed by atoms with Crippen molar-refractivity contribution in [3.05, 3.63) is 24.3 Å². The lowest BCUT2D eigenvalue weighted by Gasteiger charge is -2.43. The monoisotopic (exact) mass is 434 g/mol. The van der Waals surface area contributed by atoms with Crippen molar-refractivity contribution >= 4 is 29.7 Å². The molecule has 0 aromatic heterocycles. The summed E-state index contributed by atoms with van der Waals surface area (Å²) in [4.78, 5) is 62.5. The quantitative estimate of drug-likeness (QED) is 0.368. The van der Waals surface area contributed by atoms with Gasteiger partial charge in [-0.05, 0) is 20.8 Å². The number of hydrogen-bond donors (Lipinski definition) is 1. The summed E-state index contributed by atoms with van der Waals surface area (Å²) in [5.41, 5.74) is -0.764. The van der Waals surface area contributed by atoms with Crippen molar-refractivity contribution < 1.29 is 38.2 Å². The first kappa shape index (κ1) is 22.5. The third-order valence-electron chi connectivity index (χ3n) is 5.40. The second kappa shape index (κ2) is 8.52. The van der Waals surface area contributed by atoms with E-state index in [1.54, 1.807) is 20.8 Å². The number of amides is 2. The highest BCUT2D eigenvalue weighted by Crippen LogP contribution is 2.37. The predicted octanol–water partition coefficient (Wildman–Crippen LogP) is 0.712. The third kappa shape index (κ3) is 4.47. The van der Waals surface area contributed by atoms with Gasteiger partial charge in [0.15, 0.2) is 5.78 Å². The number of rotatable bonds is 6. The standard InChI is InChI=1S/C21H26N2O8/c1-11-14(18(26)30-10-31-19(27)21(2,3)4)23-15(16(11)24)13(17(23)25)22-20(28)29-9-12-7-5-6-8-12/h5-8,11-15H,9-10H2,1-4H3,(H,22,28)/t11-,13+,14-,15+/m1/s1. The maximum Gasteiger partial charge on any atom is 0.407 e. The Hall–Kier alpha value is -3.17. The average molecular weight is 434 g/mol. The van der Waals surface area contributed by atoms with Crippen LogP contribution in [0.5, 0.6) is 0 Å². The Morgan fingerprint density at radius 3 is 2.32 bits per heavy atom. The summed E-state index contributed by atoms with van der Waals surface area (Å²) < 4.78 is 15.0. The number of ether oxygens (including phenoxy) is 3. The van der Waals surface area contributed by atoms with Gasteiger partial charge < -0.3 is 24.4 Å². The zero-order valence-electron chi connectivity index (χ0n) is 17.8. The van der Waals surface area contributed by atoms with Crippen LogP contribution in [0.2, 0.25) is 0 Å². The Bertz CT molecular complexity index is 844. The molecule has 168 valence electrons. The van der Waals surface area contributed by atoms with Crippen LogP contribution >= 0.6 is 0 Å². The van der Waals surface area contributed by atoms with E-state index in [1.807, 2.05) is 24.3 Å². The molecule has 3 aliphatic rings. The van der Waals surface area contributed by atoms with E-state index in [0.29, 0.717) is 0 Å². The molecule has 0 unspecified atom stereocenters. The van der Waals surface area contributed by atoms with E-state index < -0.39 is 60.2 Å². The van der Waals surface area contributed by atoms with Gasteiger partial charge in [-0.25, -0.2) is 9.59 Å². The summed E-state index contributed by atoms with van der Waals surface area (Å²) >= 11 is 0. The molecule has 0 aromatic carbocycles. The van der Waals surface area contributed by atoms with E-state index in [0.717, 1.165) is 4.90 Å². The van der Waals surface area contributed by atoms with Crippen LogP contribution in [0.4, 0.5) is 4.79 Å². The Balaban J connectivity index is 1.54. The molecule has 0 saturated carbocycles. The van der Waals surface area contributed by atoms with Crippen LogP contribution in [-0.2, 0) is 33.4 Å². The molecule has 0 bridgehead atoms. The van der Waals surface area contributed by atoms with Gasteiger partial charge in [0.05, 0.1) is 5.41 Å². The van der Waals surface area contributed by atoms with Crippen LogP contribution in [0, 0.1) is 17.3 Å². The molecule has 1 N–H and O–H groups in total. The van der Waals surface area contributed by atoms with Crippen molar-refractivity contribution in [2.24, 2.45) is 17.3 Å². The van der Waals surface area contributed by atoms with Gasteiger partial charge in [-0.15, -0.1) is 0 Å². The number of alkyl carbamates (subject to hydrolysis) is 1. The van der Waals surface area contributed by atoms with Crippen molar-refractivity contribution in [3.8, 4) is 0 Å². The molecule has 2 amide bonds. The highest BCUT2D eigenvalue weighted by molar-refractivity contribution is 6.11. The molecule has 0 radical (unpaired) electrons. The number of hydrogen-bond acceptors (Lipinski definition) is 8. The highest BCUT2D eigenvalue weighted by Gasteiger charge is 2.64. The number of nitrogens with zero attached hydrogens (tertiary/aromatic N) is 1. The van der Waals surface area contributed by atoms with Gasteiger partial charge in [-0.1, -0.05) is 31.2 Å². The molecule has 2 aliphatic heterocycles. The van der Waals surface area contributed by atoms with E-state index in [-0.39, 0.29) is 18.3 Å². The Kier molecular flexibility index (Phi) is 6.19. The smallest absolute Gasteiger partial charge is 0.407 e. The number of β-lactam (4-membered cyclic amide) rings is 1. The number of ketones is 1. The SMILES string of the molecule is C[C@H]1C(=O)[C@@H]2[C@H](NC(=O)OCC3C=CC=C3)C(=O)N2[C@H]1C(=O)OCOC(=O)C(C)(C)C. The molecule has 1 aliphatic carbocycles. The van der Waals surface area contributed by atoms with Gasteiger partial charge in [0, 0.05) is 11.8 Å². The molecule has 4 atom stereocenters. The Morgan fingerprint density at radius 2 is 1.71 bits per heavy atom. The molecular weight excluding hydrogens is 408 g/mol. The zero-order valence-corrected chi connectivity index (χ0v) is 17.8. The molecular formula is C21H26N2O8. The molecule has 10 heteroatoms. The van der Waals surface area contributed by atoms with Crippen LogP contribution in [0.15, 0.2) is 24.3 Å². The van der Waals surface area contributed by atoms with Crippen LogP contribution in [0.25, 0.3) is 0 Å². The third-order valence-corrected chi connectivity index (χ3v) is 5.40. The first-order chi connectivity index (χ1) is 14.5. The second-order valence-electron chi connectivity index (χ2n) is 8.74. The molecule has 2 saturated heterocycles. The van der Waals surface area contributed by atoms with E-state index in [9.17, 15) is 24.0 Å². The Morgan fingerprint density at radius 1 is 1.06 bits per heavy atom. The van der Waals surface area contributed by atoms with Crippen LogP contribution < -0.4 is 5.32 Å². The van der Waals surface area contributed by atoms with Gasteiger partial charge in [0.1, 0.15) is 24.7 Å². The summed E-state index contributed by atoms with van der Waals surface area (Å²) in [5.74, 6) is -3.19. The van der Waals surface area contributed by atoms with Crippen LogP contribution in [0.3, 0.4) is 0 Å². The van der Waals surface area contributed by atoms with Crippen LogP contribution in [-0.4, -0.2) is 66.1 Å². The fourth-order valence-corrected chi connectivity index (χ4v) is 3.62. The summed E-state index contributed by atoms with van der Waals surface area (Å²) in [6.45, 7) is 5.96. The second-order valence-corrected chi connectivity index (χ2v) is 8.74. The normalized spacial score (nSPS) is 27.0. The highest BCUT2D eigenvalue weighted by atomic mass is 16.7. The minimum absolute atomic E-state index is 0.0287. The fraction of sp³-hybridized carbons (Fsp3) is 0.571. The minimum Gasteiger partial charge on any atom is -0.449 e. The van der Waals surface area contributed by atoms with Crippen molar-refractivity contribution in [3.63, 3.8) is 0 Å². The van der Waals surface area contributed by atoms with Gasteiger partial charge >= 0.3 is 18.0 Å².